The molecule has 1 saturated carbocycles. The van der Waals surface area contributed by atoms with Crippen molar-refractivity contribution in [2.75, 3.05) is 13.7 Å². The van der Waals surface area contributed by atoms with Crippen molar-refractivity contribution in [1.29, 1.82) is 0 Å². The maximum Gasteiger partial charge on any atom is 0.264 e. The molecule has 31 heavy (non-hydrogen) atoms. The zero-order chi connectivity index (χ0) is 22.4. The van der Waals surface area contributed by atoms with Crippen LogP contribution in [0.25, 0.3) is 0 Å². The first-order valence-electron chi connectivity index (χ1n) is 9.92. The van der Waals surface area contributed by atoms with Gasteiger partial charge in [-0.05, 0) is 68.1 Å². The molecule has 1 aliphatic heterocycles. The predicted molar refractivity (Wildman–Crippen MR) is 115 cm³/mol. The van der Waals surface area contributed by atoms with E-state index in [1.54, 1.807) is 19.1 Å². The van der Waals surface area contributed by atoms with Crippen LogP contribution in [0.1, 0.15) is 31.7 Å². The van der Waals surface area contributed by atoms with Crippen molar-refractivity contribution in [2.24, 2.45) is 0 Å². The van der Waals surface area contributed by atoms with Crippen LogP contribution in [-0.2, 0) is 25.0 Å². The number of carbonyl (C=O) groups is 2. The molecule has 1 heterocycles. The maximum absolute atomic E-state index is 13.4. The Morgan fingerprint density at radius 2 is 1.65 bits per heavy atom. The fourth-order valence-corrected chi connectivity index (χ4v) is 5.15. The lowest BCUT2D eigenvalue weighted by Crippen LogP contribution is -2.69. The first-order valence-corrected chi connectivity index (χ1v) is 11.8. The monoisotopic (exact) mass is 462 g/mol. The Morgan fingerprint density at radius 1 is 1.03 bits per heavy atom. The minimum absolute atomic E-state index is 0.0534. The molecule has 7 nitrogen and oxygen atoms in total. The molecule has 2 amide bonds. The SMILES string of the molecule is COc1ccc(S(=O)(=O)NC(=O)C2(C)CCN2C(=O)C2(c3ccc(Cl)cc3)CC2)cc1. The van der Waals surface area contributed by atoms with Crippen molar-refractivity contribution in [1.82, 2.24) is 9.62 Å². The Balaban J connectivity index is 1.52. The largest absolute Gasteiger partial charge is 0.497 e. The predicted octanol–water partition coefficient (Wildman–Crippen LogP) is 2.88. The van der Waals surface area contributed by atoms with Crippen LogP contribution >= 0.6 is 11.6 Å². The number of likely N-dealkylation sites (tertiary alicyclic amines) is 1. The van der Waals surface area contributed by atoms with Crippen LogP contribution in [0.2, 0.25) is 5.02 Å². The number of methoxy groups -OCH3 is 1. The van der Waals surface area contributed by atoms with Gasteiger partial charge in [0.1, 0.15) is 11.3 Å². The van der Waals surface area contributed by atoms with Gasteiger partial charge in [-0.1, -0.05) is 23.7 Å². The number of hydrogen-bond acceptors (Lipinski definition) is 5. The summed E-state index contributed by atoms with van der Waals surface area (Å²) in [6, 6.07) is 12.9. The highest BCUT2D eigenvalue weighted by Crippen LogP contribution is 2.52. The summed E-state index contributed by atoms with van der Waals surface area (Å²) in [5.41, 5.74) is -1.03. The van der Waals surface area contributed by atoms with Crippen molar-refractivity contribution in [3.63, 3.8) is 0 Å². The summed E-state index contributed by atoms with van der Waals surface area (Å²) in [4.78, 5) is 27.8. The molecule has 2 aromatic carbocycles. The lowest BCUT2D eigenvalue weighted by molar-refractivity contribution is -0.158. The highest BCUT2D eigenvalue weighted by atomic mass is 35.5. The van der Waals surface area contributed by atoms with E-state index in [1.165, 1.54) is 36.3 Å². The normalized spacial score (nSPS) is 21.7. The van der Waals surface area contributed by atoms with Gasteiger partial charge in [-0.2, -0.15) is 0 Å². The second-order valence-electron chi connectivity index (χ2n) is 8.18. The van der Waals surface area contributed by atoms with Gasteiger partial charge >= 0.3 is 0 Å². The van der Waals surface area contributed by atoms with Gasteiger partial charge in [-0.3, -0.25) is 9.59 Å². The van der Waals surface area contributed by atoms with E-state index in [0.29, 0.717) is 36.6 Å². The van der Waals surface area contributed by atoms with E-state index in [9.17, 15) is 18.0 Å². The van der Waals surface area contributed by atoms with Crippen molar-refractivity contribution in [2.45, 2.75) is 42.0 Å². The number of hydrogen-bond donors (Lipinski definition) is 1. The summed E-state index contributed by atoms with van der Waals surface area (Å²) in [6.07, 6.45) is 1.76. The van der Waals surface area contributed by atoms with Gasteiger partial charge < -0.3 is 9.64 Å². The molecule has 1 aliphatic carbocycles. The third-order valence-electron chi connectivity index (χ3n) is 6.31. The van der Waals surface area contributed by atoms with Crippen LogP contribution < -0.4 is 9.46 Å². The van der Waals surface area contributed by atoms with Crippen molar-refractivity contribution < 1.29 is 22.7 Å². The quantitative estimate of drug-likeness (QED) is 0.712. The van der Waals surface area contributed by atoms with E-state index in [-0.39, 0.29) is 10.8 Å². The van der Waals surface area contributed by atoms with Gasteiger partial charge in [-0.25, -0.2) is 13.1 Å². The molecular weight excluding hydrogens is 440 g/mol. The molecule has 4 rings (SSSR count). The van der Waals surface area contributed by atoms with Crippen LogP contribution in [0.5, 0.6) is 5.75 Å². The number of ether oxygens (including phenoxy) is 1. The summed E-state index contributed by atoms with van der Waals surface area (Å²) in [5.74, 6) is -0.361. The second kappa shape index (κ2) is 7.53. The lowest BCUT2D eigenvalue weighted by atomic mass is 9.82. The third kappa shape index (κ3) is 3.68. The number of amides is 2. The van der Waals surface area contributed by atoms with Crippen LogP contribution in [0.3, 0.4) is 0 Å². The molecule has 2 fully saturated rings. The average molecular weight is 463 g/mol. The maximum atomic E-state index is 13.4. The van der Waals surface area contributed by atoms with Gasteiger partial charge in [0.25, 0.3) is 15.9 Å². The highest BCUT2D eigenvalue weighted by molar-refractivity contribution is 7.90. The Labute approximate surface area is 186 Å². The number of carbonyl (C=O) groups excluding carboxylic acids is 2. The minimum Gasteiger partial charge on any atom is -0.497 e. The van der Waals surface area contributed by atoms with Crippen LogP contribution in [0, 0.1) is 0 Å². The van der Waals surface area contributed by atoms with Crippen LogP contribution in [-0.4, -0.2) is 44.3 Å². The third-order valence-corrected chi connectivity index (χ3v) is 7.90. The van der Waals surface area contributed by atoms with E-state index in [0.717, 1.165) is 5.56 Å². The topological polar surface area (TPSA) is 92.8 Å². The molecule has 1 saturated heterocycles. The molecule has 0 spiro atoms. The van der Waals surface area contributed by atoms with Crippen molar-refractivity contribution >= 4 is 33.4 Å². The Hall–Kier alpha value is -2.58. The van der Waals surface area contributed by atoms with Crippen LogP contribution in [0.4, 0.5) is 0 Å². The molecule has 0 bridgehead atoms. The summed E-state index contributed by atoms with van der Waals surface area (Å²) >= 11 is 5.97. The smallest absolute Gasteiger partial charge is 0.264 e. The Bertz CT molecular complexity index is 1130. The minimum atomic E-state index is -4.08. The first kappa shape index (κ1) is 21.6. The lowest BCUT2D eigenvalue weighted by Gasteiger charge is -2.50. The van der Waals surface area contributed by atoms with E-state index in [2.05, 4.69) is 4.72 Å². The summed E-state index contributed by atoms with van der Waals surface area (Å²) in [7, 11) is -2.60. The number of nitrogens with one attached hydrogen (secondary N) is 1. The Morgan fingerprint density at radius 3 is 2.13 bits per heavy atom. The molecule has 2 aromatic rings. The standard InChI is InChI=1S/C22H23ClN2O5S/c1-21(19(26)24-31(28,29)18-9-7-17(30-2)8-10-18)13-14-25(21)20(27)22(11-12-22)15-3-5-16(23)6-4-15/h3-10H,11-14H2,1-2H3,(H,24,26). The van der Waals surface area contributed by atoms with E-state index in [1.807, 2.05) is 12.1 Å². The molecule has 1 atom stereocenters. The van der Waals surface area contributed by atoms with E-state index in [4.69, 9.17) is 16.3 Å². The molecule has 0 radical (unpaired) electrons. The molecule has 9 heteroatoms. The fourth-order valence-electron chi connectivity index (χ4n) is 3.94. The number of rotatable bonds is 6. The molecule has 0 aromatic heterocycles. The summed E-state index contributed by atoms with van der Waals surface area (Å²) in [6.45, 7) is 2.01. The zero-order valence-electron chi connectivity index (χ0n) is 17.2. The first-order chi connectivity index (χ1) is 14.6. The van der Waals surface area contributed by atoms with E-state index < -0.39 is 26.9 Å². The zero-order valence-corrected chi connectivity index (χ0v) is 18.8. The number of benzene rings is 2. The molecule has 2 aliphatic rings. The summed E-state index contributed by atoms with van der Waals surface area (Å²) < 4.78 is 32.5. The molecule has 1 unspecified atom stereocenters. The highest BCUT2D eigenvalue weighted by Gasteiger charge is 2.60. The number of sulfonamides is 1. The van der Waals surface area contributed by atoms with Crippen molar-refractivity contribution in [3.8, 4) is 5.75 Å². The number of halogens is 1. The molecule has 1 N–H and O–H groups in total. The molecular formula is C22H23ClN2O5S. The summed E-state index contributed by atoms with van der Waals surface area (Å²) in [5, 5.41) is 0.587. The van der Waals surface area contributed by atoms with Gasteiger partial charge in [-0.15, -0.1) is 0 Å². The van der Waals surface area contributed by atoms with Gasteiger partial charge in [0, 0.05) is 11.6 Å². The van der Waals surface area contributed by atoms with Crippen LogP contribution in [0.15, 0.2) is 53.4 Å². The van der Waals surface area contributed by atoms with E-state index >= 15 is 0 Å². The van der Waals surface area contributed by atoms with Gasteiger partial charge in [0.05, 0.1) is 17.4 Å². The second-order valence-corrected chi connectivity index (χ2v) is 10.3. The molecule has 164 valence electrons. The fraction of sp³-hybridized carbons (Fsp3) is 0.364. The van der Waals surface area contributed by atoms with Crippen molar-refractivity contribution in [3.05, 3.63) is 59.1 Å². The van der Waals surface area contributed by atoms with Gasteiger partial charge in [0.2, 0.25) is 5.91 Å². The Kier molecular flexibility index (Phi) is 5.26. The van der Waals surface area contributed by atoms with Gasteiger partial charge in [0.15, 0.2) is 0 Å². The number of nitrogens with zero attached hydrogens (tertiary/aromatic N) is 1. The average Bonchev–Trinajstić information content (AvgIpc) is 3.54.